The monoisotopic (exact) mass is 777 g/mol. The van der Waals surface area contributed by atoms with E-state index >= 15 is 0 Å². The third kappa shape index (κ3) is 42.2. The summed E-state index contributed by atoms with van der Waals surface area (Å²) >= 11 is 0. The highest BCUT2D eigenvalue weighted by Crippen LogP contribution is 2.36. The molecular weight excluding hydrogens is 699 g/mol. The number of hydrogen-bond acceptors (Lipinski definition) is 6. The predicted octanol–water partition coefficient (Wildman–Crippen LogP) is 13.1. The summed E-state index contributed by atoms with van der Waals surface area (Å²) in [6, 6.07) is 0. The number of ether oxygens (including phenoxy) is 2. The van der Waals surface area contributed by atoms with Crippen LogP contribution in [0.1, 0.15) is 181 Å². The zero-order valence-electron chi connectivity index (χ0n) is 34.1. The zero-order valence-corrected chi connectivity index (χ0v) is 35.0. The van der Waals surface area contributed by atoms with Crippen LogP contribution >= 0.6 is 7.82 Å². The number of carbonyl (C=O) groups excluding carboxylic acids is 2. The molecule has 0 radical (unpaired) electrons. The molecule has 0 rings (SSSR count). The smallest absolute Gasteiger partial charge is 0.458 e. The molecule has 0 aliphatic carbocycles. The Morgan fingerprint density at radius 1 is 0.537 bits per heavy atom. The Kier molecular flexibility index (Phi) is 38.3. The largest absolute Gasteiger partial charge is 0.469 e. The molecule has 0 aliphatic rings. The van der Waals surface area contributed by atoms with Crippen molar-refractivity contribution in [1.29, 1.82) is 0 Å². The number of carbonyl (C=O) groups is 2. The molecule has 0 bridgehead atoms. The Balaban J connectivity index is 4.12. The topological polar surface area (TPSA) is 119 Å². The van der Waals surface area contributed by atoms with Gasteiger partial charge < -0.3 is 19.3 Å². The lowest BCUT2D eigenvalue weighted by Crippen LogP contribution is -2.29. The van der Waals surface area contributed by atoms with Crippen LogP contribution in [0, 0.1) is 0 Å². The van der Waals surface area contributed by atoms with Gasteiger partial charge in [-0.15, -0.1) is 0 Å². The fourth-order valence-corrected chi connectivity index (χ4v) is 5.99. The standard InChI is InChI=1S/C45H77O8P/c1-3-5-7-9-11-13-15-17-19-20-21-22-23-24-26-28-30-32-34-36-38-40-45(47)53-43(42-52-54(48,49)50)41-51-44(46)39-37-35-33-31-29-27-25-18-16-14-12-10-8-6-4-2/h19-20,22-23,26,28,32-35,37,39,43H,3-18,21,24-25,27,29-31,36,38,40-42H2,1-2H3,(H2,48,49,50)/b20-19+,23-22+,28-26+,34-32+,35-33+,39-37+/t43-/m1/s1. The van der Waals surface area contributed by atoms with Gasteiger partial charge in [0.05, 0.1) is 6.61 Å². The van der Waals surface area contributed by atoms with Crippen LogP contribution in [0.3, 0.4) is 0 Å². The van der Waals surface area contributed by atoms with E-state index < -0.39 is 32.5 Å². The highest BCUT2D eigenvalue weighted by molar-refractivity contribution is 7.46. The average molecular weight is 777 g/mol. The maximum atomic E-state index is 12.4. The number of allylic oxidation sites excluding steroid dienone is 11. The van der Waals surface area contributed by atoms with Gasteiger partial charge in [0.2, 0.25) is 0 Å². The normalized spacial score (nSPS) is 13.2. The first kappa shape index (κ1) is 51.5. The highest BCUT2D eigenvalue weighted by Gasteiger charge is 2.22. The molecule has 8 nitrogen and oxygen atoms in total. The van der Waals surface area contributed by atoms with E-state index in [2.05, 4.69) is 60.9 Å². The molecule has 0 aliphatic heterocycles. The van der Waals surface area contributed by atoms with E-state index in [4.69, 9.17) is 19.3 Å². The second-order valence-electron chi connectivity index (χ2n) is 14.0. The summed E-state index contributed by atoms with van der Waals surface area (Å²) in [4.78, 5) is 42.7. The Hall–Kier alpha value is -2.51. The Morgan fingerprint density at radius 3 is 1.44 bits per heavy atom. The molecule has 0 amide bonds. The summed E-state index contributed by atoms with van der Waals surface area (Å²) < 4.78 is 26.1. The lowest BCUT2D eigenvalue weighted by molar-refractivity contribution is -0.159. The number of unbranched alkanes of at least 4 members (excludes halogenated alkanes) is 19. The highest BCUT2D eigenvalue weighted by atomic mass is 31.2. The first-order valence-electron chi connectivity index (χ1n) is 21.3. The van der Waals surface area contributed by atoms with Gasteiger partial charge in [0, 0.05) is 12.5 Å². The van der Waals surface area contributed by atoms with Gasteiger partial charge in [-0.2, -0.15) is 0 Å². The maximum Gasteiger partial charge on any atom is 0.469 e. The second-order valence-corrected chi connectivity index (χ2v) is 15.3. The van der Waals surface area contributed by atoms with Crippen molar-refractivity contribution in [2.45, 2.75) is 187 Å². The zero-order chi connectivity index (χ0) is 39.6. The van der Waals surface area contributed by atoms with Crippen LogP contribution in [-0.2, 0) is 28.2 Å². The fourth-order valence-electron chi connectivity index (χ4n) is 5.63. The first-order valence-corrected chi connectivity index (χ1v) is 22.8. The van der Waals surface area contributed by atoms with Crippen molar-refractivity contribution in [2.24, 2.45) is 0 Å². The number of esters is 2. The molecule has 310 valence electrons. The summed E-state index contributed by atoms with van der Waals surface area (Å²) in [5.41, 5.74) is 0. The number of phosphoric acid groups is 1. The van der Waals surface area contributed by atoms with E-state index in [1.54, 1.807) is 12.2 Å². The van der Waals surface area contributed by atoms with Crippen LogP contribution in [0.5, 0.6) is 0 Å². The Morgan fingerprint density at radius 2 is 0.963 bits per heavy atom. The molecule has 0 saturated heterocycles. The number of hydrogen-bond donors (Lipinski definition) is 2. The molecule has 2 N–H and O–H groups in total. The van der Waals surface area contributed by atoms with E-state index in [0.717, 1.165) is 32.1 Å². The molecule has 9 heteroatoms. The third-order valence-electron chi connectivity index (χ3n) is 8.80. The lowest BCUT2D eigenvalue weighted by atomic mass is 10.1. The van der Waals surface area contributed by atoms with Crippen LogP contribution in [-0.4, -0.2) is 41.0 Å². The molecule has 1 atom stereocenters. The van der Waals surface area contributed by atoms with Crippen LogP contribution in [0.2, 0.25) is 0 Å². The summed E-state index contributed by atoms with van der Waals surface area (Å²) in [7, 11) is -4.79. The molecule has 0 aromatic carbocycles. The minimum atomic E-state index is -4.79. The quantitative estimate of drug-likeness (QED) is 0.0159. The average Bonchev–Trinajstić information content (AvgIpc) is 3.14. The van der Waals surface area contributed by atoms with Gasteiger partial charge in [-0.1, -0.05) is 183 Å². The van der Waals surface area contributed by atoms with Gasteiger partial charge >= 0.3 is 19.8 Å². The maximum absolute atomic E-state index is 12.4. The Labute approximate surface area is 329 Å². The van der Waals surface area contributed by atoms with Crippen LogP contribution < -0.4 is 0 Å². The predicted molar refractivity (Wildman–Crippen MR) is 225 cm³/mol. The van der Waals surface area contributed by atoms with E-state index in [1.807, 2.05) is 12.2 Å². The van der Waals surface area contributed by atoms with Crippen molar-refractivity contribution in [1.82, 2.24) is 0 Å². The molecule has 54 heavy (non-hydrogen) atoms. The fraction of sp³-hybridized carbons (Fsp3) is 0.689. The molecule has 0 unspecified atom stereocenters. The summed E-state index contributed by atoms with van der Waals surface area (Å²) in [6.45, 7) is 3.53. The van der Waals surface area contributed by atoms with Crippen molar-refractivity contribution < 1.29 is 37.9 Å². The van der Waals surface area contributed by atoms with E-state index in [0.29, 0.717) is 12.8 Å². The van der Waals surface area contributed by atoms with Gasteiger partial charge in [-0.3, -0.25) is 9.32 Å². The summed E-state index contributed by atoms with van der Waals surface area (Å²) in [6.07, 6.45) is 52.6. The van der Waals surface area contributed by atoms with Crippen LogP contribution in [0.4, 0.5) is 0 Å². The lowest BCUT2D eigenvalue weighted by Gasteiger charge is -2.18. The van der Waals surface area contributed by atoms with Crippen molar-refractivity contribution in [2.75, 3.05) is 13.2 Å². The van der Waals surface area contributed by atoms with Gasteiger partial charge in [-0.25, -0.2) is 9.36 Å². The number of rotatable bonds is 38. The van der Waals surface area contributed by atoms with Crippen molar-refractivity contribution in [3.63, 3.8) is 0 Å². The minimum Gasteiger partial charge on any atom is -0.458 e. The van der Waals surface area contributed by atoms with Crippen LogP contribution in [0.15, 0.2) is 72.9 Å². The summed E-state index contributed by atoms with van der Waals surface area (Å²) in [5, 5.41) is 0. The Bertz CT molecular complexity index is 1100. The molecule has 0 spiro atoms. The van der Waals surface area contributed by atoms with Gasteiger partial charge in [-0.05, 0) is 57.8 Å². The van der Waals surface area contributed by atoms with Crippen molar-refractivity contribution in [3.05, 3.63) is 72.9 Å². The molecule has 0 fully saturated rings. The third-order valence-corrected chi connectivity index (χ3v) is 9.29. The van der Waals surface area contributed by atoms with E-state index in [1.165, 1.54) is 122 Å². The van der Waals surface area contributed by atoms with Crippen molar-refractivity contribution >= 4 is 19.8 Å². The molecule has 0 saturated carbocycles. The van der Waals surface area contributed by atoms with Crippen molar-refractivity contribution in [3.8, 4) is 0 Å². The molecule has 0 heterocycles. The SMILES string of the molecule is CCCCCCCCC/C=C/C/C=C/C/C=C/C/C=C/CCCC(=O)O[C@H](COC(=O)/C=C/C=C/CCCCCCCCCCCCC)COP(=O)(O)O. The molecular formula is C45H77O8P. The van der Waals surface area contributed by atoms with Gasteiger partial charge in [0.25, 0.3) is 0 Å². The van der Waals surface area contributed by atoms with E-state index in [-0.39, 0.29) is 13.0 Å². The van der Waals surface area contributed by atoms with Crippen LogP contribution in [0.25, 0.3) is 0 Å². The molecule has 0 aromatic heterocycles. The minimum absolute atomic E-state index is 0.114. The first-order chi connectivity index (χ1) is 26.3. The second kappa shape index (κ2) is 40.2. The number of phosphoric ester groups is 1. The van der Waals surface area contributed by atoms with Gasteiger partial charge in [0.1, 0.15) is 6.61 Å². The molecule has 0 aromatic rings. The van der Waals surface area contributed by atoms with E-state index in [9.17, 15) is 14.2 Å². The van der Waals surface area contributed by atoms with Gasteiger partial charge in [0.15, 0.2) is 6.10 Å². The summed E-state index contributed by atoms with van der Waals surface area (Å²) in [5.74, 6) is -1.21.